The van der Waals surface area contributed by atoms with Gasteiger partial charge in [-0.15, -0.1) is 0 Å². The summed E-state index contributed by atoms with van der Waals surface area (Å²) in [6, 6.07) is 11.4. The van der Waals surface area contributed by atoms with Gasteiger partial charge in [-0.3, -0.25) is 4.79 Å². The molecule has 0 bridgehead atoms. The number of amides is 1. The van der Waals surface area contributed by atoms with Crippen LogP contribution in [0.3, 0.4) is 0 Å². The van der Waals surface area contributed by atoms with Crippen LogP contribution in [0.5, 0.6) is 0 Å². The molecule has 8 nitrogen and oxygen atoms in total. The largest absolute Gasteiger partial charge is 0.369 e. The Hall–Kier alpha value is -3.20. The lowest BCUT2D eigenvalue weighted by Gasteiger charge is -2.11. The third-order valence-electron chi connectivity index (χ3n) is 4.78. The van der Waals surface area contributed by atoms with Crippen molar-refractivity contribution < 1.29 is 4.79 Å². The van der Waals surface area contributed by atoms with Gasteiger partial charge in [0.15, 0.2) is 10.8 Å². The summed E-state index contributed by atoms with van der Waals surface area (Å²) in [5.41, 5.74) is 1.95. The molecule has 0 aliphatic heterocycles. The standard InChI is InChI=1S/C22H25N7OS/c1-14(2)12-24-19-16-13-25-29(20(16)28-22(27-19)31-3)11-10-23-21(30)18-9-8-15-6-4-5-7-17(15)26-18/h4-9,13-14H,10-12H2,1-3H3,(H,23,30)(H,24,27,28). The van der Waals surface area contributed by atoms with Crippen LogP contribution in [-0.4, -0.2) is 50.0 Å². The zero-order chi connectivity index (χ0) is 21.8. The van der Waals surface area contributed by atoms with Gasteiger partial charge >= 0.3 is 0 Å². The number of anilines is 1. The maximum absolute atomic E-state index is 12.5. The number of pyridine rings is 1. The maximum Gasteiger partial charge on any atom is 0.269 e. The van der Waals surface area contributed by atoms with Crippen LogP contribution >= 0.6 is 11.8 Å². The Morgan fingerprint density at radius 3 is 2.77 bits per heavy atom. The van der Waals surface area contributed by atoms with Gasteiger partial charge < -0.3 is 10.6 Å². The summed E-state index contributed by atoms with van der Waals surface area (Å²) in [5, 5.41) is 13.3. The molecule has 9 heteroatoms. The molecule has 4 aromatic rings. The molecule has 1 aromatic carbocycles. The van der Waals surface area contributed by atoms with Crippen molar-refractivity contribution in [1.29, 1.82) is 0 Å². The number of thioether (sulfide) groups is 1. The number of hydrogen-bond acceptors (Lipinski definition) is 7. The molecule has 3 heterocycles. The fourth-order valence-corrected chi connectivity index (χ4v) is 3.54. The van der Waals surface area contributed by atoms with Crippen LogP contribution in [0, 0.1) is 5.92 Å². The molecule has 0 aliphatic rings. The molecular formula is C22H25N7OS. The van der Waals surface area contributed by atoms with Crippen molar-refractivity contribution in [2.24, 2.45) is 5.92 Å². The van der Waals surface area contributed by atoms with Gasteiger partial charge in [0.1, 0.15) is 11.5 Å². The Labute approximate surface area is 184 Å². The highest BCUT2D eigenvalue weighted by Gasteiger charge is 2.14. The van der Waals surface area contributed by atoms with Gasteiger partial charge in [-0.1, -0.05) is 49.9 Å². The minimum absolute atomic E-state index is 0.207. The normalized spacial score (nSPS) is 11.4. The molecular weight excluding hydrogens is 410 g/mol. The summed E-state index contributed by atoms with van der Waals surface area (Å²) in [5.74, 6) is 1.08. The van der Waals surface area contributed by atoms with E-state index in [0.29, 0.717) is 29.9 Å². The van der Waals surface area contributed by atoms with Gasteiger partial charge in [0.2, 0.25) is 0 Å². The molecule has 0 saturated heterocycles. The first kappa shape index (κ1) is 21.0. The van der Waals surface area contributed by atoms with E-state index in [1.165, 1.54) is 11.8 Å². The van der Waals surface area contributed by atoms with Crippen molar-refractivity contribution in [1.82, 2.24) is 30.0 Å². The van der Waals surface area contributed by atoms with Crippen molar-refractivity contribution in [3.8, 4) is 0 Å². The molecule has 2 N–H and O–H groups in total. The number of benzene rings is 1. The van der Waals surface area contributed by atoms with E-state index in [4.69, 9.17) is 0 Å². The van der Waals surface area contributed by atoms with Crippen LogP contribution in [0.2, 0.25) is 0 Å². The predicted octanol–water partition coefficient (Wildman–Crippen LogP) is 3.59. The Kier molecular flexibility index (Phi) is 6.31. The van der Waals surface area contributed by atoms with E-state index in [9.17, 15) is 4.79 Å². The molecule has 4 rings (SSSR count). The van der Waals surface area contributed by atoms with Gasteiger partial charge in [-0.2, -0.15) is 5.10 Å². The first-order valence-corrected chi connectivity index (χ1v) is 11.4. The van der Waals surface area contributed by atoms with Crippen molar-refractivity contribution in [3.63, 3.8) is 0 Å². The fourth-order valence-electron chi connectivity index (χ4n) is 3.18. The monoisotopic (exact) mass is 435 g/mol. The third kappa shape index (κ3) is 4.77. The molecule has 0 spiro atoms. The van der Waals surface area contributed by atoms with E-state index >= 15 is 0 Å². The van der Waals surface area contributed by atoms with Gasteiger partial charge in [-0.25, -0.2) is 19.6 Å². The van der Waals surface area contributed by atoms with E-state index in [2.05, 4.69) is 44.5 Å². The van der Waals surface area contributed by atoms with Crippen LogP contribution in [0.25, 0.3) is 21.9 Å². The average Bonchev–Trinajstić information content (AvgIpc) is 3.19. The molecule has 0 unspecified atom stereocenters. The number of nitrogens with one attached hydrogen (secondary N) is 2. The Morgan fingerprint density at radius 1 is 1.13 bits per heavy atom. The van der Waals surface area contributed by atoms with Gasteiger partial charge in [0.25, 0.3) is 5.91 Å². The highest BCUT2D eigenvalue weighted by atomic mass is 32.2. The van der Waals surface area contributed by atoms with Gasteiger partial charge in [0, 0.05) is 18.5 Å². The molecule has 0 aliphatic carbocycles. The molecule has 0 atom stereocenters. The summed E-state index contributed by atoms with van der Waals surface area (Å²) in [7, 11) is 0. The molecule has 0 saturated carbocycles. The lowest BCUT2D eigenvalue weighted by Crippen LogP contribution is -2.28. The second kappa shape index (κ2) is 9.30. The Balaban J connectivity index is 1.46. The van der Waals surface area contributed by atoms with Crippen LogP contribution < -0.4 is 10.6 Å². The third-order valence-corrected chi connectivity index (χ3v) is 5.32. The topological polar surface area (TPSA) is 97.6 Å². The Bertz CT molecular complexity index is 1220. The number of carbonyl (C=O) groups is 1. The molecule has 160 valence electrons. The molecule has 31 heavy (non-hydrogen) atoms. The zero-order valence-electron chi connectivity index (χ0n) is 17.8. The zero-order valence-corrected chi connectivity index (χ0v) is 18.6. The highest BCUT2D eigenvalue weighted by Crippen LogP contribution is 2.23. The first-order chi connectivity index (χ1) is 15.0. The van der Waals surface area contributed by atoms with Crippen LogP contribution in [0.15, 0.2) is 47.8 Å². The minimum atomic E-state index is -0.207. The second-order valence-corrected chi connectivity index (χ2v) is 8.36. The maximum atomic E-state index is 12.5. The number of rotatable bonds is 8. The number of nitrogens with zero attached hydrogens (tertiary/aromatic N) is 5. The number of aromatic nitrogens is 5. The van der Waals surface area contributed by atoms with E-state index in [1.54, 1.807) is 16.9 Å². The number of fused-ring (bicyclic) bond motifs is 2. The molecule has 3 aromatic heterocycles. The fraction of sp³-hybridized carbons (Fsp3) is 0.318. The van der Waals surface area contributed by atoms with Gasteiger partial charge in [0.05, 0.1) is 23.6 Å². The highest BCUT2D eigenvalue weighted by molar-refractivity contribution is 7.98. The van der Waals surface area contributed by atoms with E-state index < -0.39 is 0 Å². The van der Waals surface area contributed by atoms with E-state index in [-0.39, 0.29) is 5.91 Å². The second-order valence-electron chi connectivity index (χ2n) is 7.58. The smallest absolute Gasteiger partial charge is 0.269 e. The van der Waals surface area contributed by atoms with Crippen molar-refractivity contribution >= 4 is 45.4 Å². The van der Waals surface area contributed by atoms with Gasteiger partial charge in [-0.05, 0) is 24.3 Å². The summed E-state index contributed by atoms with van der Waals surface area (Å²) in [4.78, 5) is 26.2. The van der Waals surface area contributed by atoms with Crippen molar-refractivity contribution in [2.75, 3.05) is 24.7 Å². The molecule has 1 amide bonds. The SMILES string of the molecule is CSc1nc(NCC(C)C)c2cnn(CCNC(=O)c3ccc4ccccc4n3)c2n1. The van der Waals surface area contributed by atoms with E-state index in [0.717, 1.165) is 34.3 Å². The number of carbonyl (C=O) groups excluding carboxylic acids is 1. The lowest BCUT2D eigenvalue weighted by molar-refractivity contribution is 0.0947. The Morgan fingerprint density at radius 2 is 1.97 bits per heavy atom. The summed E-state index contributed by atoms with van der Waals surface area (Å²) >= 11 is 1.49. The minimum Gasteiger partial charge on any atom is -0.369 e. The van der Waals surface area contributed by atoms with Crippen LogP contribution in [0.1, 0.15) is 24.3 Å². The van der Waals surface area contributed by atoms with Crippen molar-refractivity contribution in [3.05, 3.63) is 48.3 Å². The summed E-state index contributed by atoms with van der Waals surface area (Å²) in [6.45, 7) is 6.03. The number of para-hydroxylation sites is 1. The van der Waals surface area contributed by atoms with E-state index in [1.807, 2.05) is 36.6 Å². The predicted molar refractivity (Wildman–Crippen MR) is 125 cm³/mol. The van der Waals surface area contributed by atoms with Crippen LogP contribution in [0.4, 0.5) is 5.82 Å². The summed E-state index contributed by atoms with van der Waals surface area (Å²) in [6.07, 6.45) is 3.72. The molecule has 0 fully saturated rings. The summed E-state index contributed by atoms with van der Waals surface area (Å²) < 4.78 is 1.80. The molecule has 0 radical (unpaired) electrons. The number of hydrogen-bond donors (Lipinski definition) is 2. The average molecular weight is 436 g/mol. The first-order valence-electron chi connectivity index (χ1n) is 10.2. The van der Waals surface area contributed by atoms with Crippen LogP contribution in [-0.2, 0) is 6.54 Å². The quantitative estimate of drug-likeness (QED) is 0.322. The lowest BCUT2D eigenvalue weighted by atomic mass is 10.2. The van der Waals surface area contributed by atoms with Crippen molar-refractivity contribution in [2.45, 2.75) is 25.5 Å².